The van der Waals surface area contributed by atoms with Crippen molar-refractivity contribution >= 4 is 41.5 Å². The third kappa shape index (κ3) is 13.6. The van der Waals surface area contributed by atoms with Crippen LogP contribution in [0, 0.1) is 5.92 Å². The van der Waals surface area contributed by atoms with Gasteiger partial charge in [-0.1, -0.05) is 20.3 Å². The molecule has 13 N–H and O–H groups in total. The number of aliphatic imine (C=N–C) groups is 1. The molecule has 16 heteroatoms. The second-order valence-corrected chi connectivity index (χ2v) is 8.48. The number of hydrogen-bond donors (Lipinski definition) is 9. The fourth-order valence-electron chi connectivity index (χ4n) is 3.03. The molecule has 0 aliphatic rings. The summed E-state index contributed by atoms with van der Waals surface area (Å²) in [4.78, 5) is 76.0. The molecule has 0 spiro atoms. The molecule has 0 aromatic rings. The summed E-state index contributed by atoms with van der Waals surface area (Å²) in [5.74, 6) is -6.74. The summed E-state index contributed by atoms with van der Waals surface area (Å²) in [6, 6.07) is -5.39. The Bertz CT molecular complexity index is 861. The second kappa shape index (κ2) is 16.7. The molecule has 0 aromatic carbocycles. The summed E-state index contributed by atoms with van der Waals surface area (Å²) in [5, 5.41) is 25.2. The number of nitrogens with two attached hydrogens (primary N) is 4. The maximum atomic E-state index is 12.9. The average Bonchev–Trinajstić information content (AvgIpc) is 2.80. The quantitative estimate of drug-likeness (QED) is 0.0480. The number of nitrogens with zero attached hydrogens (tertiary/aromatic N) is 1. The average molecular weight is 531 g/mol. The Labute approximate surface area is 214 Å². The van der Waals surface area contributed by atoms with Crippen molar-refractivity contribution in [2.24, 2.45) is 33.8 Å². The Hall–Kier alpha value is -3.95. The first-order chi connectivity index (χ1) is 17.2. The lowest BCUT2D eigenvalue weighted by molar-refractivity contribution is -0.142. The van der Waals surface area contributed by atoms with Crippen LogP contribution in [-0.4, -0.2) is 82.5 Å². The van der Waals surface area contributed by atoms with E-state index >= 15 is 0 Å². The van der Waals surface area contributed by atoms with Crippen molar-refractivity contribution in [2.45, 2.75) is 76.5 Å². The summed E-state index contributed by atoms with van der Waals surface area (Å²) < 4.78 is 0. The standard InChI is InChI=1S/C21H38N8O8/c1-3-10(2)16(23)19(35)27-11(6-7-15(31)32)17(33)29-13(9-14(22)30)18(34)28-12(20(36)37)5-4-8-26-21(24)25/h10-13,16H,3-9,23H2,1-2H3,(H2,22,30)(H,27,35)(H,28,34)(H,29,33)(H,31,32)(H,36,37)(H4,24,25,26). The van der Waals surface area contributed by atoms with E-state index in [0.717, 1.165) is 0 Å². The number of aliphatic carboxylic acids is 2. The van der Waals surface area contributed by atoms with Crippen molar-refractivity contribution < 1.29 is 39.0 Å². The second-order valence-electron chi connectivity index (χ2n) is 8.48. The zero-order valence-electron chi connectivity index (χ0n) is 20.9. The molecule has 0 radical (unpaired) electrons. The van der Waals surface area contributed by atoms with E-state index in [1.165, 1.54) is 0 Å². The molecule has 0 heterocycles. The number of nitrogens with one attached hydrogen (secondary N) is 3. The van der Waals surface area contributed by atoms with Crippen molar-refractivity contribution in [1.29, 1.82) is 0 Å². The molecule has 4 amide bonds. The van der Waals surface area contributed by atoms with E-state index in [2.05, 4.69) is 20.9 Å². The van der Waals surface area contributed by atoms with Gasteiger partial charge in [-0.05, 0) is 25.2 Å². The number of amides is 4. The predicted octanol–water partition coefficient (Wildman–Crippen LogP) is -3.31. The predicted molar refractivity (Wildman–Crippen MR) is 131 cm³/mol. The SMILES string of the molecule is CCC(C)C(N)C(=O)NC(CCC(=O)O)C(=O)NC(CC(N)=O)C(=O)NC(CCCN=C(N)N)C(=O)O. The Morgan fingerprint density at radius 2 is 1.38 bits per heavy atom. The molecule has 0 saturated heterocycles. The van der Waals surface area contributed by atoms with Gasteiger partial charge >= 0.3 is 11.9 Å². The first-order valence-corrected chi connectivity index (χ1v) is 11.6. The number of carbonyl (C=O) groups excluding carboxylic acids is 4. The van der Waals surface area contributed by atoms with Gasteiger partial charge in [0.2, 0.25) is 23.6 Å². The van der Waals surface area contributed by atoms with Gasteiger partial charge in [-0.25, -0.2) is 4.79 Å². The highest BCUT2D eigenvalue weighted by Gasteiger charge is 2.32. The maximum absolute atomic E-state index is 12.9. The third-order valence-corrected chi connectivity index (χ3v) is 5.44. The zero-order chi connectivity index (χ0) is 28.7. The maximum Gasteiger partial charge on any atom is 0.326 e. The van der Waals surface area contributed by atoms with Crippen LogP contribution < -0.4 is 38.9 Å². The van der Waals surface area contributed by atoms with Crippen LogP contribution >= 0.6 is 0 Å². The fraction of sp³-hybridized carbons (Fsp3) is 0.667. The molecule has 37 heavy (non-hydrogen) atoms. The Balaban J connectivity index is 5.58. The summed E-state index contributed by atoms with van der Waals surface area (Å²) in [6.45, 7) is 3.64. The van der Waals surface area contributed by atoms with Crippen LogP contribution in [0.5, 0.6) is 0 Å². The fourth-order valence-corrected chi connectivity index (χ4v) is 3.03. The largest absolute Gasteiger partial charge is 0.481 e. The highest BCUT2D eigenvalue weighted by molar-refractivity contribution is 5.96. The number of carboxylic acid groups (broad SMARTS) is 2. The molecule has 16 nitrogen and oxygen atoms in total. The number of hydrogen-bond acceptors (Lipinski definition) is 8. The van der Waals surface area contributed by atoms with Crippen molar-refractivity contribution in [1.82, 2.24) is 16.0 Å². The lowest BCUT2D eigenvalue weighted by Crippen LogP contribution is -2.58. The van der Waals surface area contributed by atoms with E-state index in [-0.39, 0.29) is 37.7 Å². The van der Waals surface area contributed by atoms with E-state index in [1.807, 2.05) is 6.92 Å². The van der Waals surface area contributed by atoms with E-state index < -0.39 is 72.6 Å². The van der Waals surface area contributed by atoms with Crippen LogP contribution in [-0.2, 0) is 28.8 Å². The minimum absolute atomic E-state index is 0.0696. The number of guanidine groups is 1. The van der Waals surface area contributed by atoms with E-state index in [4.69, 9.17) is 28.0 Å². The lowest BCUT2D eigenvalue weighted by atomic mass is 9.98. The Morgan fingerprint density at radius 1 is 0.838 bits per heavy atom. The summed E-state index contributed by atoms with van der Waals surface area (Å²) >= 11 is 0. The van der Waals surface area contributed by atoms with E-state index in [9.17, 15) is 33.9 Å². The van der Waals surface area contributed by atoms with Crippen LogP contribution in [0.15, 0.2) is 4.99 Å². The molecule has 0 aromatic heterocycles. The molecule has 0 aliphatic heterocycles. The number of primary amides is 1. The van der Waals surface area contributed by atoms with Gasteiger partial charge in [0.1, 0.15) is 18.1 Å². The van der Waals surface area contributed by atoms with Gasteiger partial charge in [0.05, 0.1) is 12.5 Å². The Morgan fingerprint density at radius 3 is 1.86 bits per heavy atom. The molecule has 5 unspecified atom stereocenters. The van der Waals surface area contributed by atoms with Gasteiger partial charge in [-0.15, -0.1) is 0 Å². The molecule has 0 aliphatic carbocycles. The monoisotopic (exact) mass is 530 g/mol. The van der Waals surface area contributed by atoms with Crippen LogP contribution in [0.25, 0.3) is 0 Å². The topological polar surface area (TPSA) is 295 Å². The van der Waals surface area contributed by atoms with Gasteiger partial charge in [0, 0.05) is 13.0 Å². The van der Waals surface area contributed by atoms with Gasteiger partial charge in [-0.3, -0.25) is 29.0 Å². The summed E-state index contributed by atoms with van der Waals surface area (Å²) in [7, 11) is 0. The van der Waals surface area contributed by atoms with Crippen molar-refractivity contribution in [3.63, 3.8) is 0 Å². The smallest absolute Gasteiger partial charge is 0.326 e. The van der Waals surface area contributed by atoms with Crippen LogP contribution in [0.3, 0.4) is 0 Å². The van der Waals surface area contributed by atoms with Gasteiger partial charge < -0.3 is 49.1 Å². The first-order valence-electron chi connectivity index (χ1n) is 11.6. The first kappa shape index (κ1) is 33.0. The highest BCUT2D eigenvalue weighted by atomic mass is 16.4. The minimum atomic E-state index is -1.60. The van der Waals surface area contributed by atoms with Crippen LogP contribution in [0.2, 0.25) is 0 Å². The molecular weight excluding hydrogens is 492 g/mol. The van der Waals surface area contributed by atoms with Crippen molar-refractivity contribution in [3.05, 3.63) is 0 Å². The zero-order valence-corrected chi connectivity index (χ0v) is 20.9. The van der Waals surface area contributed by atoms with Crippen LogP contribution in [0.4, 0.5) is 0 Å². The summed E-state index contributed by atoms with van der Waals surface area (Å²) in [5.41, 5.74) is 21.5. The van der Waals surface area contributed by atoms with E-state index in [0.29, 0.717) is 6.42 Å². The molecular formula is C21H38N8O8. The molecule has 0 saturated carbocycles. The molecule has 0 bridgehead atoms. The molecule has 0 rings (SSSR count). The number of carboxylic acids is 2. The third-order valence-electron chi connectivity index (χ3n) is 5.44. The molecule has 0 fully saturated rings. The summed E-state index contributed by atoms with van der Waals surface area (Å²) in [6.07, 6.45) is -0.836. The number of rotatable bonds is 18. The van der Waals surface area contributed by atoms with Crippen molar-refractivity contribution in [2.75, 3.05) is 6.54 Å². The highest BCUT2D eigenvalue weighted by Crippen LogP contribution is 2.08. The normalized spacial score (nSPS) is 14.7. The van der Waals surface area contributed by atoms with Crippen LogP contribution in [0.1, 0.15) is 52.4 Å². The molecule has 210 valence electrons. The lowest BCUT2D eigenvalue weighted by Gasteiger charge is -2.25. The number of carbonyl (C=O) groups is 6. The Kier molecular flexibility index (Phi) is 14.9. The minimum Gasteiger partial charge on any atom is -0.481 e. The molecule has 5 atom stereocenters. The van der Waals surface area contributed by atoms with E-state index in [1.54, 1.807) is 6.92 Å². The van der Waals surface area contributed by atoms with Gasteiger partial charge in [0.15, 0.2) is 5.96 Å². The van der Waals surface area contributed by atoms with Gasteiger partial charge in [0.25, 0.3) is 0 Å². The van der Waals surface area contributed by atoms with Crippen molar-refractivity contribution in [3.8, 4) is 0 Å². The van der Waals surface area contributed by atoms with Gasteiger partial charge in [-0.2, -0.15) is 0 Å².